The van der Waals surface area contributed by atoms with Gasteiger partial charge in [-0.05, 0) is 12.1 Å². The van der Waals surface area contributed by atoms with Crippen molar-refractivity contribution in [2.75, 3.05) is 7.05 Å². The van der Waals surface area contributed by atoms with Crippen LogP contribution in [0.2, 0.25) is 0 Å². The van der Waals surface area contributed by atoms with E-state index < -0.39 is 34.8 Å². The smallest absolute Gasteiger partial charge is 0.407 e. The topological polar surface area (TPSA) is 98.6 Å². The molecule has 3 rings (SSSR count). The third-order valence-corrected chi connectivity index (χ3v) is 4.00. The van der Waals surface area contributed by atoms with Crippen molar-refractivity contribution in [3.8, 4) is 0 Å². The van der Waals surface area contributed by atoms with Gasteiger partial charge in [0.25, 0.3) is 5.69 Å². The molecule has 0 unspecified atom stereocenters. The van der Waals surface area contributed by atoms with Crippen LogP contribution in [0.1, 0.15) is 5.56 Å². The van der Waals surface area contributed by atoms with Gasteiger partial charge in [0.05, 0.1) is 16.5 Å². The van der Waals surface area contributed by atoms with Gasteiger partial charge in [-0.3, -0.25) is 19.5 Å². The van der Waals surface area contributed by atoms with Crippen molar-refractivity contribution >= 4 is 22.7 Å². The highest BCUT2D eigenvalue weighted by Crippen LogP contribution is 2.20. The zero-order valence-electron chi connectivity index (χ0n) is 14.0. The Bertz CT molecular complexity index is 1110. The van der Waals surface area contributed by atoms with Crippen LogP contribution in [0.5, 0.6) is 0 Å². The lowest BCUT2D eigenvalue weighted by atomic mass is 10.2. The second-order valence-electron chi connectivity index (χ2n) is 5.85. The highest BCUT2D eigenvalue weighted by Gasteiger charge is 2.18. The summed E-state index contributed by atoms with van der Waals surface area (Å²) in [6.45, 7) is -0.524. The number of nitro benzene ring substituents is 1. The van der Waals surface area contributed by atoms with E-state index in [1.807, 2.05) is 0 Å². The van der Waals surface area contributed by atoms with Crippen LogP contribution in [-0.4, -0.2) is 27.3 Å². The number of rotatable bonds is 5. The summed E-state index contributed by atoms with van der Waals surface area (Å²) in [7, 11) is 1.41. The normalized spacial score (nSPS) is 10.9. The van der Waals surface area contributed by atoms with Crippen molar-refractivity contribution in [3.05, 3.63) is 74.3 Å². The molecule has 1 aromatic heterocycles. The van der Waals surface area contributed by atoms with Crippen LogP contribution < -0.4 is 5.76 Å². The maximum atomic E-state index is 13.7. The molecule has 0 bridgehead atoms. The molecule has 27 heavy (non-hydrogen) atoms. The van der Waals surface area contributed by atoms with E-state index >= 15 is 0 Å². The number of nitro groups is 1. The van der Waals surface area contributed by atoms with E-state index in [4.69, 9.17) is 4.42 Å². The molecule has 2 aromatic carbocycles. The molecular formula is C17H13F2N3O5. The summed E-state index contributed by atoms with van der Waals surface area (Å²) >= 11 is 0. The van der Waals surface area contributed by atoms with Gasteiger partial charge in [0.2, 0.25) is 5.91 Å². The molecule has 1 heterocycles. The first-order valence-electron chi connectivity index (χ1n) is 7.72. The van der Waals surface area contributed by atoms with Crippen LogP contribution >= 0.6 is 0 Å². The van der Waals surface area contributed by atoms with E-state index in [2.05, 4.69) is 0 Å². The van der Waals surface area contributed by atoms with Gasteiger partial charge in [0.1, 0.15) is 18.2 Å². The van der Waals surface area contributed by atoms with Crippen molar-refractivity contribution < 1.29 is 22.9 Å². The Balaban J connectivity index is 1.81. The summed E-state index contributed by atoms with van der Waals surface area (Å²) < 4.78 is 32.7. The summed E-state index contributed by atoms with van der Waals surface area (Å²) in [4.78, 5) is 35.7. The van der Waals surface area contributed by atoms with E-state index in [0.29, 0.717) is 6.07 Å². The molecule has 140 valence electrons. The van der Waals surface area contributed by atoms with E-state index in [1.54, 1.807) is 0 Å². The molecule has 0 radical (unpaired) electrons. The molecule has 0 aliphatic heterocycles. The van der Waals surface area contributed by atoms with Gasteiger partial charge in [-0.1, -0.05) is 6.07 Å². The van der Waals surface area contributed by atoms with Crippen LogP contribution in [0.4, 0.5) is 14.5 Å². The Kier molecular flexibility index (Phi) is 4.72. The van der Waals surface area contributed by atoms with Crippen molar-refractivity contribution in [1.82, 2.24) is 9.47 Å². The van der Waals surface area contributed by atoms with Crippen LogP contribution in [0.15, 0.2) is 45.6 Å². The van der Waals surface area contributed by atoms with Crippen molar-refractivity contribution in [2.45, 2.75) is 13.1 Å². The molecule has 0 N–H and O–H groups in total. The number of nitrogens with zero attached hydrogens (tertiary/aromatic N) is 3. The number of carbonyl (C=O) groups excluding carboxylic acids is 1. The van der Waals surface area contributed by atoms with E-state index in [0.717, 1.165) is 16.7 Å². The highest BCUT2D eigenvalue weighted by molar-refractivity contribution is 5.80. The molecule has 0 aliphatic carbocycles. The van der Waals surface area contributed by atoms with Gasteiger partial charge in [0, 0.05) is 31.3 Å². The summed E-state index contributed by atoms with van der Waals surface area (Å²) in [5.41, 5.74) is 0.0699. The number of fused-ring (bicyclic) bond motifs is 1. The van der Waals surface area contributed by atoms with E-state index in [1.165, 1.54) is 30.1 Å². The minimum absolute atomic E-state index is 0.0192. The van der Waals surface area contributed by atoms with Crippen LogP contribution in [0.25, 0.3) is 11.1 Å². The van der Waals surface area contributed by atoms with E-state index in [9.17, 15) is 28.5 Å². The third-order valence-electron chi connectivity index (χ3n) is 4.00. The number of halogens is 2. The van der Waals surface area contributed by atoms with Crippen LogP contribution in [0, 0.1) is 21.7 Å². The monoisotopic (exact) mass is 377 g/mol. The number of hydrogen-bond donors (Lipinski definition) is 0. The fraction of sp³-hybridized carbons (Fsp3) is 0.176. The van der Waals surface area contributed by atoms with Crippen LogP contribution in [0.3, 0.4) is 0 Å². The van der Waals surface area contributed by atoms with Gasteiger partial charge < -0.3 is 9.32 Å². The Labute approximate surface area is 150 Å². The summed E-state index contributed by atoms with van der Waals surface area (Å²) in [6, 6.07) is 6.62. The lowest BCUT2D eigenvalue weighted by Crippen LogP contribution is -2.32. The summed E-state index contributed by atoms with van der Waals surface area (Å²) in [6.07, 6.45) is 0. The number of amides is 1. The van der Waals surface area contributed by atoms with Crippen molar-refractivity contribution in [1.29, 1.82) is 0 Å². The Morgan fingerprint density at radius 2 is 2.00 bits per heavy atom. The number of likely N-dealkylation sites (N-methyl/N-ethyl adjacent to an activating group) is 1. The fourth-order valence-electron chi connectivity index (χ4n) is 2.57. The summed E-state index contributed by atoms with van der Waals surface area (Å²) in [5.74, 6) is -2.88. The number of carbonyl (C=O) groups is 1. The van der Waals surface area contributed by atoms with E-state index in [-0.39, 0.29) is 28.9 Å². The lowest BCUT2D eigenvalue weighted by Gasteiger charge is -2.17. The second-order valence-corrected chi connectivity index (χ2v) is 5.85. The Morgan fingerprint density at radius 1 is 1.26 bits per heavy atom. The SMILES string of the molecule is CN(Cc1ccc(F)cc1F)C(=O)Cn1c(=O)oc2cc([N+](=O)[O-])ccc21. The average molecular weight is 377 g/mol. The van der Waals surface area contributed by atoms with Gasteiger partial charge in [0.15, 0.2) is 5.58 Å². The lowest BCUT2D eigenvalue weighted by molar-refractivity contribution is -0.384. The zero-order chi connectivity index (χ0) is 19.7. The van der Waals surface area contributed by atoms with Crippen LogP contribution in [-0.2, 0) is 17.9 Å². The summed E-state index contributed by atoms with van der Waals surface area (Å²) in [5, 5.41) is 10.8. The standard InChI is InChI=1S/C17H13F2N3O5/c1-20(8-10-2-3-11(18)6-13(10)19)16(23)9-21-14-5-4-12(22(25)26)7-15(14)27-17(21)24/h2-7H,8-9H2,1H3. The third kappa shape index (κ3) is 3.68. The van der Waals surface area contributed by atoms with Crippen molar-refractivity contribution in [2.24, 2.45) is 0 Å². The number of aromatic nitrogens is 1. The minimum Gasteiger partial charge on any atom is -0.407 e. The Morgan fingerprint density at radius 3 is 2.67 bits per heavy atom. The molecule has 1 amide bonds. The molecule has 0 saturated carbocycles. The molecule has 0 saturated heterocycles. The first-order valence-corrected chi connectivity index (χ1v) is 7.72. The number of hydrogen-bond acceptors (Lipinski definition) is 5. The maximum Gasteiger partial charge on any atom is 0.420 e. The molecular weight excluding hydrogens is 364 g/mol. The van der Waals surface area contributed by atoms with Gasteiger partial charge >= 0.3 is 5.76 Å². The largest absolute Gasteiger partial charge is 0.420 e. The predicted octanol–water partition coefficient (Wildman–Crippen LogP) is 2.44. The van der Waals surface area contributed by atoms with Gasteiger partial charge in [-0.15, -0.1) is 0 Å². The van der Waals surface area contributed by atoms with Crippen molar-refractivity contribution in [3.63, 3.8) is 0 Å². The highest BCUT2D eigenvalue weighted by atomic mass is 19.1. The molecule has 3 aromatic rings. The van der Waals surface area contributed by atoms with Gasteiger partial charge in [-0.25, -0.2) is 13.6 Å². The molecule has 8 nitrogen and oxygen atoms in total. The number of benzene rings is 2. The zero-order valence-corrected chi connectivity index (χ0v) is 14.0. The average Bonchev–Trinajstić information content (AvgIpc) is 2.92. The quantitative estimate of drug-likeness (QED) is 0.502. The Hall–Kier alpha value is -3.56. The fourth-order valence-corrected chi connectivity index (χ4v) is 2.57. The number of non-ortho nitro benzene ring substituents is 1. The molecule has 0 aliphatic rings. The predicted molar refractivity (Wildman–Crippen MR) is 90.0 cm³/mol. The molecule has 0 spiro atoms. The molecule has 0 atom stereocenters. The van der Waals surface area contributed by atoms with Gasteiger partial charge in [-0.2, -0.15) is 0 Å². The minimum atomic E-state index is -0.847. The molecule has 0 fully saturated rings. The second kappa shape index (κ2) is 6.98. The maximum absolute atomic E-state index is 13.7. The molecule has 10 heteroatoms. The first kappa shape index (κ1) is 18.2. The number of oxazole rings is 1. The first-order chi connectivity index (χ1) is 12.8.